The lowest BCUT2D eigenvalue weighted by molar-refractivity contribution is -0.146. The van der Waals surface area contributed by atoms with E-state index in [4.69, 9.17) is 10.5 Å². The van der Waals surface area contributed by atoms with Crippen LogP contribution >= 0.6 is 0 Å². The lowest BCUT2D eigenvalue weighted by atomic mass is 9.46. The van der Waals surface area contributed by atoms with Crippen molar-refractivity contribution in [3.63, 3.8) is 0 Å². The third kappa shape index (κ3) is 2.36. The average Bonchev–Trinajstić information content (AvgIpc) is 2.53. The average molecular weight is 329 g/mol. The molecule has 4 aliphatic rings. The van der Waals surface area contributed by atoms with Crippen LogP contribution in [-0.2, 0) is 4.79 Å². The number of nitrogens with zero attached hydrogens (tertiary/aromatic N) is 1. The van der Waals surface area contributed by atoms with Crippen LogP contribution in [0.25, 0.3) is 0 Å². The highest BCUT2D eigenvalue weighted by Gasteiger charge is 2.60. The molecule has 6 nitrogen and oxygen atoms in total. The molecule has 1 aromatic heterocycles. The highest BCUT2D eigenvalue weighted by molar-refractivity contribution is 5.95. The van der Waals surface area contributed by atoms with Gasteiger partial charge in [0.1, 0.15) is 0 Å². The van der Waals surface area contributed by atoms with E-state index in [-0.39, 0.29) is 17.4 Å². The van der Waals surface area contributed by atoms with Gasteiger partial charge in [0.15, 0.2) is 0 Å². The number of amides is 2. The number of nitrogens with two attached hydrogens (primary N) is 1. The Morgan fingerprint density at radius 2 is 2.00 bits per heavy atom. The van der Waals surface area contributed by atoms with E-state index in [1.165, 1.54) is 7.11 Å². The van der Waals surface area contributed by atoms with Crippen LogP contribution in [0.2, 0.25) is 0 Å². The van der Waals surface area contributed by atoms with E-state index in [9.17, 15) is 9.59 Å². The molecule has 4 saturated carbocycles. The molecule has 2 unspecified atom stereocenters. The molecule has 1 aromatic rings. The summed E-state index contributed by atoms with van der Waals surface area (Å²) in [7, 11) is 1.53. The van der Waals surface area contributed by atoms with Crippen molar-refractivity contribution >= 4 is 11.8 Å². The van der Waals surface area contributed by atoms with Crippen molar-refractivity contribution in [2.75, 3.05) is 7.11 Å². The second-order valence-electron chi connectivity index (χ2n) is 7.93. The number of rotatable bonds is 4. The number of primary amides is 1. The smallest absolute Gasteiger partial charge is 0.251 e. The molecular formula is C18H23N3O3. The van der Waals surface area contributed by atoms with Crippen LogP contribution < -0.4 is 15.8 Å². The molecule has 0 aromatic carbocycles. The quantitative estimate of drug-likeness (QED) is 0.878. The first-order valence-corrected chi connectivity index (χ1v) is 8.56. The van der Waals surface area contributed by atoms with Crippen LogP contribution in [0.15, 0.2) is 18.3 Å². The number of nitrogens with one attached hydrogen (secondary N) is 1. The van der Waals surface area contributed by atoms with Crippen LogP contribution in [-0.4, -0.2) is 29.4 Å². The molecule has 3 N–H and O–H groups in total. The van der Waals surface area contributed by atoms with E-state index in [0.717, 1.165) is 32.1 Å². The normalized spacial score (nSPS) is 36.4. The van der Waals surface area contributed by atoms with Gasteiger partial charge >= 0.3 is 0 Å². The van der Waals surface area contributed by atoms with Crippen molar-refractivity contribution in [3.05, 3.63) is 23.9 Å². The maximum absolute atomic E-state index is 12.8. The number of hydrogen-bond donors (Lipinski definition) is 2. The van der Waals surface area contributed by atoms with Crippen molar-refractivity contribution in [3.8, 4) is 5.88 Å². The predicted octanol–water partition coefficient (Wildman–Crippen LogP) is 1.64. The van der Waals surface area contributed by atoms with Gasteiger partial charge in [0.25, 0.3) is 5.91 Å². The molecule has 0 saturated heterocycles. The Labute approximate surface area is 141 Å². The molecule has 1 heterocycles. The SMILES string of the molecule is COc1cc(C(=O)NC23CC4CC(C2)CC(C(N)=O)(C4)C3)ccn1. The Morgan fingerprint density at radius 3 is 2.62 bits per heavy atom. The fourth-order valence-electron chi connectivity index (χ4n) is 5.67. The van der Waals surface area contributed by atoms with Gasteiger partial charge in [0, 0.05) is 23.4 Å². The van der Waals surface area contributed by atoms with Gasteiger partial charge in [-0.05, 0) is 56.4 Å². The van der Waals surface area contributed by atoms with Crippen molar-refractivity contribution in [2.45, 2.75) is 44.1 Å². The lowest BCUT2D eigenvalue weighted by Crippen LogP contribution is -2.65. The van der Waals surface area contributed by atoms with Crippen molar-refractivity contribution in [2.24, 2.45) is 23.0 Å². The molecule has 0 spiro atoms. The zero-order valence-corrected chi connectivity index (χ0v) is 13.9. The van der Waals surface area contributed by atoms with Crippen molar-refractivity contribution < 1.29 is 14.3 Å². The minimum Gasteiger partial charge on any atom is -0.481 e. The zero-order valence-electron chi connectivity index (χ0n) is 13.9. The van der Waals surface area contributed by atoms with E-state index >= 15 is 0 Å². The third-order valence-electron chi connectivity index (χ3n) is 6.17. The van der Waals surface area contributed by atoms with Gasteiger partial charge in [-0.3, -0.25) is 9.59 Å². The van der Waals surface area contributed by atoms with Crippen molar-refractivity contribution in [1.29, 1.82) is 0 Å². The summed E-state index contributed by atoms with van der Waals surface area (Å²) < 4.78 is 5.09. The highest BCUT2D eigenvalue weighted by Crippen LogP contribution is 2.61. The summed E-state index contributed by atoms with van der Waals surface area (Å²) >= 11 is 0. The molecule has 5 rings (SSSR count). The Bertz CT molecular complexity index is 689. The number of pyridine rings is 1. The number of carbonyl (C=O) groups excluding carboxylic acids is 2. The standard InChI is InChI=1S/C18H23N3O3/c1-24-14-5-13(2-3-20-14)15(22)21-18-8-11-4-12(9-18)7-17(6-11,10-18)16(19)23/h2-3,5,11-12H,4,6-10H2,1H3,(H2,19,23)(H,21,22). The second-order valence-corrected chi connectivity index (χ2v) is 7.93. The molecule has 2 amide bonds. The first-order valence-electron chi connectivity index (χ1n) is 8.56. The fraction of sp³-hybridized carbons (Fsp3) is 0.611. The predicted molar refractivity (Wildman–Crippen MR) is 87.3 cm³/mol. The van der Waals surface area contributed by atoms with E-state index < -0.39 is 5.41 Å². The minimum absolute atomic E-state index is 0.128. The van der Waals surface area contributed by atoms with Gasteiger partial charge in [0.2, 0.25) is 11.8 Å². The zero-order chi connectivity index (χ0) is 16.9. The van der Waals surface area contributed by atoms with Crippen LogP contribution in [0.4, 0.5) is 0 Å². The van der Waals surface area contributed by atoms with Crippen LogP contribution in [0.1, 0.15) is 48.9 Å². The summed E-state index contributed by atoms with van der Waals surface area (Å²) in [6.45, 7) is 0. The molecule has 0 radical (unpaired) electrons. The van der Waals surface area contributed by atoms with E-state index in [0.29, 0.717) is 29.7 Å². The maximum Gasteiger partial charge on any atom is 0.251 e. The number of aromatic nitrogens is 1. The van der Waals surface area contributed by atoms with E-state index in [1.807, 2.05) is 0 Å². The second kappa shape index (κ2) is 5.19. The van der Waals surface area contributed by atoms with E-state index in [2.05, 4.69) is 10.3 Å². The Hall–Kier alpha value is -2.11. The first-order chi connectivity index (χ1) is 11.4. The van der Waals surface area contributed by atoms with Gasteiger partial charge in [-0.1, -0.05) is 0 Å². The van der Waals surface area contributed by atoms with Gasteiger partial charge in [0.05, 0.1) is 12.5 Å². The highest BCUT2D eigenvalue weighted by atomic mass is 16.5. The topological polar surface area (TPSA) is 94.3 Å². The lowest BCUT2D eigenvalue weighted by Gasteiger charge is -2.61. The molecule has 6 heteroatoms. The van der Waals surface area contributed by atoms with Gasteiger partial charge < -0.3 is 15.8 Å². The molecule has 4 fully saturated rings. The molecule has 0 aliphatic heterocycles. The Balaban J connectivity index is 1.59. The number of ether oxygens (including phenoxy) is 1. The summed E-state index contributed by atoms with van der Waals surface area (Å²) in [4.78, 5) is 28.9. The fourth-order valence-corrected chi connectivity index (χ4v) is 5.67. The molecule has 128 valence electrons. The van der Waals surface area contributed by atoms with Crippen LogP contribution in [0, 0.1) is 17.3 Å². The van der Waals surface area contributed by atoms with Gasteiger partial charge in [-0.2, -0.15) is 0 Å². The van der Waals surface area contributed by atoms with Crippen LogP contribution in [0.3, 0.4) is 0 Å². The summed E-state index contributed by atoms with van der Waals surface area (Å²) in [5, 5.41) is 3.24. The van der Waals surface area contributed by atoms with Gasteiger partial charge in [-0.15, -0.1) is 0 Å². The Morgan fingerprint density at radius 1 is 1.29 bits per heavy atom. The summed E-state index contributed by atoms with van der Waals surface area (Å²) in [6, 6.07) is 3.32. The van der Waals surface area contributed by atoms with Crippen LogP contribution in [0.5, 0.6) is 5.88 Å². The largest absolute Gasteiger partial charge is 0.481 e. The molecule has 4 aliphatic carbocycles. The van der Waals surface area contributed by atoms with Crippen molar-refractivity contribution in [1.82, 2.24) is 10.3 Å². The minimum atomic E-state index is -0.423. The monoisotopic (exact) mass is 329 g/mol. The summed E-state index contributed by atoms with van der Waals surface area (Å²) in [6.07, 6.45) is 7.09. The maximum atomic E-state index is 12.8. The number of carbonyl (C=O) groups is 2. The molecule has 2 atom stereocenters. The number of methoxy groups -OCH3 is 1. The molecule has 24 heavy (non-hydrogen) atoms. The third-order valence-corrected chi connectivity index (χ3v) is 6.17. The first kappa shape index (κ1) is 15.4. The van der Waals surface area contributed by atoms with E-state index in [1.54, 1.807) is 18.3 Å². The Kier molecular flexibility index (Phi) is 3.34. The molecular weight excluding hydrogens is 306 g/mol. The summed E-state index contributed by atoms with van der Waals surface area (Å²) in [5.74, 6) is 1.08. The van der Waals surface area contributed by atoms with Gasteiger partial charge in [-0.25, -0.2) is 4.98 Å². The summed E-state index contributed by atoms with van der Waals surface area (Å²) in [5.41, 5.74) is 5.56. The number of hydrogen-bond acceptors (Lipinski definition) is 4. The molecule has 4 bridgehead atoms.